The number of hydrogen-bond donors (Lipinski definition) is 3. The first-order valence-electron chi connectivity index (χ1n) is 12.0. The minimum Gasteiger partial charge on any atom is -0.479 e. The molecule has 1 saturated heterocycles. The van der Waals surface area contributed by atoms with Crippen molar-refractivity contribution in [3.8, 4) is 12.0 Å². The molecule has 0 atom stereocenters. The molecule has 3 aromatic rings. The van der Waals surface area contributed by atoms with Crippen molar-refractivity contribution < 1.29 is 34.5 Å². The number of hydrazine groups is 1. The average Bonchev–Trinajstić information content (AvgIpc) is 2.85. The van der Waals surface area contributed by atoms with Crippen LogP contribution in [0.25, 0.3) is 10.8 Å². The lowest BCUT2D eigenvalue weighted by molar-refractivity contribution is -0.0541. The van der Waals surface area contributed by atoms with E-state index >= 15 is 0 Å². The SMILES string of the molecule is CC(C)(O)C1CCN(N2C(=O)c3ccc4c5c(ccc(c35)C2=O)C(=O)N(c2nc(O)nc(O)n2)C4=O)CC1. The van der Waals surface area contributed by atoms with E-state index in [-0.39, 0.29) is 38.9 Å². The third-order valence-corrected chi connectivity index (χ3v) is 7.43. The summed E-state index contributed by atoms with van der Waals surface area (Å²) in [4.78, 5) is 64.9. The molecule has 13 heteroatoms. The third-order valence-electron chi connectivity index (χ3n) is 7.43. The molecular weight excluding hydrogens is 496 g/mol. The van der Waals surface area contributed by atoms with E-state index in [0.29, 0.717) is 30.8 Å². The molecule has 0 saturated carbocycles. The number of imide groups is 2. The van der Waals surface area contributed by atoms with Crippen molar-refractivity contribution >= 4 is 40.3 Å². The van der Waals surface area contributed by atoms with Crippen molar-refractivity contribution in [2.75, 3.05) is 18.0 Å². The van der Waals surface area contributed by atoms with E-state index in [0.717, 1.165) is 5.01 Å². The van der Waals surface area contributed by atoms with E-state index in [1.807, 2.05) is 0 Å². The van der Waals surface area contributed by atoms with Gasteiger partial charge in [0.1, 0.15) is 0 Å². The number of benzene rings is 2. The van der Waals surface area contributed by atoms with Gasteiger partial charge in [-0.2, -0.15) is 9.97 Å². The summed E-state index contributed by atoms with van der Waals surface area (Å²) in [5, 5.41) is 32.8. The second-order valence-electron chi connectivity index (χ2n) is 10.1. The van der Waals surface area contributed by atoms with E-state index in [4.69, 9.17) is 0 Å². The van der Waals surface area contributed by atoms with Crippen LogP contribution < -0.4 is 4.90 Å². The number of rotatable bonds is 3. The van der Waals surface area contributed by atoms with Gasteiger partial charge in [0, 0.05) is 35.0 Å². The number of hydrogen-bond acceptors (Lipinski definition) is 11. The molecule has 4 amide bonds. The quantitative estimate of drug-likeness (QED) is 0.425. The predicted octanol–water partition coefficient (Wildman–Crippen LogP) is 1.23. The summed E-state index contributed by atoms with van der Waals surface area (Å²) in [7, 11) is 0. The normalized spacial score (nSPS) is 18.6. The molecular formula is C25H22N6O7. The zero-order valence-electron chi connectivity index (χ0n) is 20.4. The molecule has 0 unspecified atom stereocenters. The zero-order chi connectivity index (χ0) is 27.1. The number of nitrogens with zero attached hydrogens (tertiary/aromatic N) is 6. The first-order chi connectivity index (χ1) is 18.0. The summed E-state index contributed by atoms with van der Waals surface area (Å²) in [6.07, 6.45) is 1.20. The number of aromatic hydroxyl groups is 2. The highest BCUT2D eigenvalue weighted by Crippen LogP contribution is 2.40. The molecule has 3 aliphatic rings. The molecule has 0 spiro atoms. The largest absolute Gasteiger partial charge is 0.479 e. The summed E-state index contributed by atoms with van der Waals surface area (Å²) in [6, 6.07) is 3.88. The van der Waals surface area contributed by atoms with Gasteiger partial charge in [-0.1, -0.05) is 0 Å². The molecule has 2 aromatic carbocycles. The molecule has 4 heterocycles. The molecule has 0 aliphatic carbocycles. The number of aliphatic hydroxyl groups is 1. The van der Waals surface area contributed by atoms with Crippen LogP contribution in [0.5, 0.6) is 12.0 Å². The lowest BCUT2D eigenvalue weighted by Crippen LogP contribution is -2.55. The summed E-state index contributed by atoms with van der Waals surface area (Å²) >= 11 is 0. The molecule has 38 heavy (non-hydrogen) atoms. The minimum atomic E-state index is -0.882. The van der Waals surface area contributed by atoms with Gasteiger partial charge < -0.3 is 15.3 Å². The molecule has 6 rings (SSSR count). The fraction of sp³-hybridized carbons (Fsp3) is 0.320. The van der Waals surface area contributed by atoms with Gasteiger partial charge in [-0.25, -0.2) is 14.9 Å². The Morgan fingerprint density at radius 3 is 1.58 bits per heavy atom. The number of piperidine rings is 1. The molecule has 13 nitrogen and oxygen atoms in total. The van der Waals surface area contributed by atoms with Crippen molar-refractivity contribution in [1.29, 1.82) is 0 Å². The van der Waals surface area contributed by atoms with E-state index < -0.39 is 47.2 Å². The van der Waals surface area contributed by atoms with E-state index in [1.165, 1.54) is 24.3 Å². The third kappa shape index (κ3) is 3.35. The zero-order valence-corrected chi connectivity index (χ0v) is 20.4. The number of amides is 4. The van der Waals surface area contributed by atoms with E-state index in [1.54, 1.807) is 18.9 Å². The number of aromatic nitrogens is 3. The molecule has 1 aromatic heterocycles. The highest BCUT2D eigenvalue weighted by Gasteiger charge is 2.44. The standard InChI is InChI=1S/C25H22N6O7/c1-25(2,38)11-7-9-29(10-8-11)31-20(34)14-5-3-12-16-13(4-6-15(17(14)16)21(31)35)19(33)30(18(12)32)22-26-23(36)28-24(37)27-22/h3-6,11,38H,7-10H2,1-2H3,(H2,26,27,28,36,37). The van der Waals surface area contributed by atoms with Crippen LogP contribution in [0.1, 0.15) is 68.1 Å². The minimum absolute atomic E-state index is 0.0274. The van der Waals surface area contributed by atoms with Crippen molar-refractivity contribution in [2.24, 2.45) is 5.92 Å². The van der Waals surface area contributed by atoms with Gasteiger partial charge in [0.05, 0.1) is 16.7 Å². The summed E-state index contributed by atoms with van der Waals surface area (Å²) in [5.41, 5.74) is -0.463. The molecule has 0 bridgehead atoms. The molecule has 3 N–H and O–H groups in total. The van der Waals surface area contributed by atoms with Gasteiger partial charge >= 0.3 is 12.0 Å². The number of anilines is 1. The van der Waals surface area contributed by atoms with Gasteiger partial charge in [-0.3, -0.25) is 19.2 Å². The van der Waals surface area contributed by atoms with Crippen LogP contribution in [-0.2, 0) is 0 Å². The maximum absolute atomic E-state index is 13.6. The van der Waals surface area contributed by atoms with Crippen LogP contribution in [-0.4, -0.2) is 82.6 Å². The topological polar surface area (TPSA) is 177 Å². The van der Waals surface area contributed by atoms with Crippen LogP contribution in [0.3, 0.4) is 0 Å². The maximum atomic E-state index is 13.6. The lowest BCUT2D eigenvalue weighted by atomic mass is 9.83. The van der Waals surface area contributed by atoms with Gasteiger partial charge in [-0.15, -0.1) is 4.98 Å². The first kappa shape index (κ1) is 23.9. The van der Waals surface area contributed by atoms with Crippen LogP contribution in [0, 0.1) is 5.92 Å². The molecule has 3 aliphatic heterocycles. The number of carbonyl (C=O) groups is 4. The Kier molecular flexibility index (Phi) is 5.03. The van der Waals surface area contributed by atoms with Crippen LogP contribution in [0.4, 0.5) is 5.95 Å². The fourth-order valence-electron chi connectivity index (χ4n) is 5.52. The van der Waals surface area contributed by atoms with Crippen molar-refractivity contribution in [2.45, 2.75) is 32.3 Å². The Balaban J connectivity index is 1.42. The Morgan fingerprint density at radius 2 is 1.16 bits per heavy atom. The monoisotopic (exact) mass is 518 g/mol. The highest BCUT2D eigenvalue weighted by atomic mass is 16.3. The van der Waals surface area contributed by atoms with Crippen molar-refractivity contribution in [3.05, 3.63) is 46.5 Å². The fourth-order valence-corrected chi connectivity index (χ4v) is 5.52. The van der Waals surface area contributed by atoms with Crippen LogP contribution in [0.2, 0.25) is 0 Å². The lowest BCUT2D eigenvalue weighted by Gasteiger charge is -2.42. The second kappa shape index (κ2) is 8.00. The summed E-state index contributed by atoms with van der Waals surface area (Å²) < 4.78 is 0. The van der Waals surface area contributed by atoms with Gasteiger partial charge in [0.2, 0.25) is 5.95 Å². The van der Waals surface area contributed by atoms with Crippen LogP contribution in [0.15, 0.2) is 24.3 Å². The average molecular weight is 518 g/mol. The Morgan fingerprint density at radius 1 is 0.737 bits per heavy atom. The predicted molar refractivity (Wildman–Crippen MR) is 129 cm³/mol. The van der Waals surface area contributed by atoms with Crippen LogP contribution >= 0.6 is 0 Å². The van der Waals surface area contributed by atoms with Gasteiger partial charge in [-0.05, 0) is 56.9 Å². The summed E-state index contributed by atoms with van der Waals surface area (Å²) in [5.74, 6) is -3.39. The summed E-state index contributed by atoms with van der Waals surface area (Å²) in [6.45, 7) is 4.30. The Hall–Kier alpha value is -4.49. The first-order valence-corrected chi connectivity index (χ1v) is 12.0. The molecule has 0 radical (unpaired) electrons. The van der Waals surface area contributed by atoms with Gasteiger partial charge in [0.25, 0.3) is 23.6 Å². The smallest absolute Gasteiger partial charge is 0.321 e. The molecule has 1 fully saturated rings. The Labute approximate surface area is 214 Å². The van der Waals surface area contributed by atoms with Crippen molar-refractivity contribution in [1.82, 2.24) is 25.0 Å². The second-order valence-corrected chi connectivity index (χ2v) is 10.1. The number of carbonyl (C=O) groups excluding carboxylic acids is 4. The van der Waals surface area contributed by atoms with Crippen molar-refractivity contribution in [3.63, 3.8) is 0 Å². The highest BCUT2D eigenvalue weighted by molar-refractivity contribution is 6.38. The van der Waals surface area contributed by atoms with Gasteiger partial charge in [0.15, 0.2) is 0 Å². The van der Waals surface area contributed by atoms with E-state index in [2.05, 4.69) is 15.0 Å². The van der Waals surface area contributed by atoms with E-state index in [9.17, 15) is 34.5 Å². The maximum Gasteiger partial charge on any atom is 0.321 e. The molecule has 194 valence electrons. The Bertz CT molecular complexity index is 1500.